The number of nitrogen functional groups attached to an aromatic ring is 1. The van der Waals surface area contributed by atoms with E-state index < -0.39 is 41.6 Å². The van der Waals surface area contributed by atoms with Crippen LogP contribution in [0, 0.1) is 0 Å². The number of aromatic nitrogens is 2. The second kappa shape index (κ2) is 7.33. The van der Waals surface area contributed by atoms with Crippen molar-refractivity contribution >= 4 is 51.7 Å². The topological polar surface area (TPSA) is 133 Å². The normalized spacial score (nSPS) is 12.6. The number of carboxylic acid groups (broad SMARTS) is 2. The minimum atomic E-state index is -3.05. The molecular weight excluding hydrogens is 457 g/mol. The summed E-state index contributed by atoms with van der Waals surface area (Å²) in [6.45, 7) is 10.4. The van der Waals surface area contributed by atoms with E-state index in [1.54, 1.807) is 41.5 Å². The van der Waals surface area contributed by atoms with Gasteiger partial charge in [-0.15, -0.1) is 0 Å². The molecule has 0 unspecified atom stereocenters. The van der Waals surface area contributed by atoms with E-state index in [2.05, 4.69) is 24.8 Å². The third-order valence-corrected chi connectivity index (χ3v) is 8.80. The van der Waals surface area contributed by atoms with Crippen molar-refractivity contribution in [3.63, 3.8) is 0 Å². The predicted molar refractivity (Wildman–Crippen MR) is 110 cm³/mol. The SMILES string of the molecule is CC(C)(C)N(C(=O)O)c1nc(N)n[c]([Sn]([CH3])([CH3])[CH3])c1N(C(=O)O)C(C)(C)C. The third-order valence-electron chi connectivity index (χ3n) is 3.75. The molecule has 0 bridgehead atoms. The Balaban J connectivity index is 4.13. The molecule has 1 aromatic rings. The van der Waals surface area contributed by atoms with Gasteiger partial charge in [-0.1, -0.05) is 0 Å². The van der Waals surface area contributed by atoms with Gasteiger partial charge in [0.1, 0.15) is 0 Å². The summed E-state index contributed by atoms with van der Waals surface area (Å²) in [5.41, 5.74) is 4.42. The molecule has 152 valence electrons. The molecule has 0 aliphatic rings. The molecule has 0 saturated heterocycles. The monoisotopic (exact) mass is 489 g/mol. The van der Waals surface area contributed by atoms with E-state index >= 15 is 0 Å². The number of rotatable bonds is 3. The zero-order chi connectivity index (χ0) is 21.5. The van der Waals surface area contributed by atoms with Gasteiger partial charge in [0.25, 0.3) is 0 Å². The van der Waals surface area contributed by atoms with Gasteiger partial charge in [-0.05, 0) is 0 Å². The first-order valence-electron chi connectivity index (χ1n) is 8.63. The Morgan fingerprint density at radius 3 is 1.59 bits per heavy atom. The van der Waals surface area contributed by atoms with Crippen LogP contribution < -0.4 is 19.2 Å². The number of hydrogen-bond acceptors (Lipinski definition) is 5. The van der Waals surface area contributed by atoms with E-state index in [-0.39, 0.29) is 17.5 Å². The summed E-state index contributed by atoms with van der Waals surface area (Å²) in [6, 6.07) is 0. The molecule has 0 saturated carbocycles. The van der Waals surface area contributed by atoms with Gasteiger partial charge in [-0.3, -0.25) is 0 Å². The average Bonchev–Trinajstić information content (AvgIpc) is 2.35. The summed E-state index contributed by atoms with van der Waals surface area (Å²) in [6.07, 6.45) is -2.44. The predicted octanol–water partition coefficient (Wildman–Crippen LogP) is 3.17. The number of nitrogens with zero attached hydrogens (tertiary/aromatic N) is 4. The van der Waals surface area contributed by atoms with Crippen LogP contribution in [0.15, 0.2) is 0 Å². The van der Waals surface area contributed by atoms with E-state index in [0.29, 0.717) is 3.71 Å². The van der Waals surface area contributed by atoms with Crippen molar-refractivity contribution in [2.75, 3.05) is 15.5 Å². The number of hydrogen-bond donors (Lipinski definition) is 3. The molecule has 0 aliphatic heterocycles. The summed E-state index contributed by atoms with van der Waals surface area (Å²) in [7, 11) is 0. The number of anilines is 3. The van der Waals surface area contributed by atoms with E-state index in [4.69, 9.17) is 5.73 Å². The maximum atomic E-state index is 12.2. The molecule has 0 aliphatic carbocycles. The van der Waals surface area contributed by atoms with Crippen LogP contribution >= 0.6 is 0 Å². The van der Waals surface area contributed by atoms with Crippen molar-refractivity contribution in [1.29, 1.82) is 0 Å². The van der Waals surface area contributed by atoms with Crippen LogP contribution in [0.4, 0.5) is 27.0 Å². The van der Waals surface area contributed by atoms with E-state index in [9.17, 15) is 19.8 Å². The van der Waals surface area contributed by atoms with Gasteiger partial charge in [0.2, 0.25) is 0 Å². The van der Waals surface area contributed by atoms with Crippen LogP contribution in [0.2, 0.25) is 14.8 Å². The first kappa shape index (κ1) is 23.3. The Morgan fingerprint density at radius 2 is 1.30 bits per heavy atom. The van der Waals surface area contributed by atoms with E-state index in [1.165, 1.54) is 0 Å². The summed E-state index contributed by atoms with van der Waals surface area (Å²) < 4.78 is 0.569. The van der Waals surface area contributed by atoms with E-state index in [0.717, 1.165) is 9.80 Å². The van der Waals surface area contributed by atoms with Crippen molar-refractivity contribution in [2.24, 2.45) is 0 Å². The van der Waals surface area contributed by atoms with Gasteiger partial charge in [-0.2, -0.15) is 0 Å². The molecule has 10 heteroatoms. The van der Waals surface area contributed by atoms with Crippen molar-refractivity contribution in [2.45, 2.75) is 67.4 Å². The second-order valence-corrected chi connectivity index (χ2v) is 23.6. The van der Waals surface area contributed by atoms with Gasteiger partial charge < -0.3 is 0 Å². The first-order valence-corrected chi connectivity index (χ1v) is 18.6. The third kappa shape index (κ3) is 5.14. The Hall–Kier alpha value is -1.78. The minimum absolute atomic E-state index is 0.00134. The van der Waals surface area contributed by atoms with Crippen molar-refractivity contribution < 1.29 is 19.8 Å². The van der Waals surface area contributed by atoms with Crippen LogP contribution in [0.25, 0.3) is 0 Å². The van der Waals surface area contributed by atoms with Crippen LogP contribution in [-0.2, 0) is 0 Å². The van der Waals surface area contributed by atoms with Crippen LogP contribution in [0.3, 0.4) is 0 Å². The van der Waals surface area contributed by atoms with Gasteiger partial charge in [-0.25, -0.2) is 0 Å². The Kier molecular flexibility index (Phi) is 6.31. The van der Waals surface area contributed by atoms with Crippen LogP contribution in [0.1, 0.15) is 41.5 Å². The number of carbonyl (C=O) groups is 2. The molecule has 0 aromatic carbocycles. The number of amides is 2. The molecule has 0 atom stereocenters. The summed E-state index contributed by atoms with van der Waals surface area (Å²) in [5.74, 6) is -0.0634. The molecule has 0 spiro atoms. The van der Waals surface area contributed by atoms with Crippen molar-refractivity contribution in [3.05, 3.63) is 0 Å². The number of nitrogens with two attached hydrogens (primary N) is 1. The second-order valence-electron chi connectivity index (χ2n) is 9.43. The Bertz CT molecular complexity index is 747. The summed E-state index contributed by atoms with van der Waals surface area (Å²) in [4.78, 5) is 41.3. The molecule has 9 nitrogen and oxygen atoms in total. The molecule has 4 N–H and O–H groups in total. The average molecular weight is 488 g/mol. The van der Waals surface area contributed by atoms with Crippen molar-refractivity contribution in [3.8, 4) is 0 Å². The Labute approximate surface area is 164 Å². The standard InChI is InChI=1S/C14H22N5O4.3CH3.Sn/c1-13(2,3)18(11(20)21)8-7-16-10(15)17-9(8)19(12(22)23)14(4,5)6;;;;/h1-6H3,(H,20,21)(H,22,23)(H2,15,16,17);3*1H3;. The van der Waals surface area contributed by atoms with Gasteiger partial charge in [0, 0.05) is 0 Å². The fraction of sp³-hybridized carbons (Fsp3) is 0.647. The van der Waals surface area contributed by atoms with Gasteiger partial charge in [0.05, 0.1) is 0 Å². The molecule has 1 aromatic heterocycles. The zero-order valence-corrected chi connectivity index (χ0v) is 20.4. The molecule has 2 amide bonds. The molecular formula is C17H31N5O4Sn. The van der Waals surface area contributed by atoms with Crippen molar-refractivity contribution in [1.82, 2.24) is 9.97 Å². The van der Waals surface area contributed by atoms with E-state index in [1.807, 2.05) is 0 Å². The fourth-order valence-corrected chi connectivity index (χ4v) is 6.71. The Morgan fingerprint density at radius 1 is 0.889 bits per heavy atom. The quantitative estimate of drug-likeness (QED) is 0.557. The van der Waals surface area contributed by atoms with Gasteiger partial charge in [0.15, 0.2) is 0 Å². The molecule has 0 fully saturated rings. The molecule has 1 rings (SSSR count). The fourth-order valence-electron chi connectivity index (χ4n) is 2.76. The molecule has 0 radical (unpaired) electrons. The van der Waals surface area contributed by atoms with Crippen LogP contribution in [-0.4, -0.2) is 61.8 Å². The summed E-state index contributed by atoms with van der Waals surface area (Å²) >= 11 is -3.05. The zero-order valence-electron chi connectivity index (χ0n) is 17.6. The summed E-state index contributed by atoms with van der Waals surface area (Å²) in [5, 5.41) is 19.8. The van der Waals surface area contributed by atoms with Crippen LogP contribution in [0.5, 0.6) is 0 Å². The molecule has 1 heterocycles. The van der Waals surface area contributed by atoms with Gasteiger partial charge >= 0.3 is 164 Å². The maximum absolute atomic E-state index is 12.2. The first-order chi connectivity index (χ1) is 11.9. The molecule has 27 heavy (non-hydrogen) atoms.